The molecule has 2 aliphatic carbocycles. The lowest BCUT2D eigenvalue weighted by atomic mass is 9.68. The van der Waals surface area contributed by atoms with Gasteiger partial charge in [0.15, 0.2) is 0 Å². The Morgan fingerprint density at radius 3 is 2.41 bits per heavy atom. The van der Waals surface area contributed by atoms with Gasteiger partial charge in [0.05, 0.1) is 22.5 Å². The predicted octanol–water partition coefficient (Wildman–Crippen LogP) is 3.96. The summed E-state index contributed by atoms with van der Waals surface area (Å²) in [6.45, 7) is 0. The largest absolute Gasteiger partial charge is 0.508 e. The van der Waals surface area contributed by atoms with E-state index in [0.717, 1.165) is 33.2 Å². The summed E-state index contributed by atoms with van der Waals surface area (Å²) in [5.74, 6) is -1.76. The van der Waals surface area contributed by atoms with E-state index in [1.165, 1.54) is 29.2 Å². The van der Waals surface area contributed by atoms with Gasteiger partial charge in [-0.3, -0.25) is 19.3 Å². The van der Waals surface area contributed by atoms with Crippen LogP contribution in [0.4, 0.5) is 10.1 Å². The zero-order chi connectivity index (χ0) is 23.3. The Kier molecular flexibility index (Phi) is 4.24. The molecule has 2 N–H and O–H groups in total. The molecule has 1 saturated heterocycles. The Balaban J connectivity index is 1.34. The van der Waals surface area contributed by atoms with Crippen LogP contribution in [0.3, 0.4) is 0 Å². The van der Waals surface area contributed by atoms with Crippen LogP contribution in [-0.2, 0) is 9.59 Å². The van der Waals surface area contributed by atoms with Gasteiger partial charge in [-0.05, 0) is 54.5 Å². The van der Waals surface area contributed by atoms with Crippen molar-refractivity contribution in [2.45, 2.75) is 22.6 Å². The normalized spacial score (nSPS) is 33.2. The summed E-state index contributed by atoms with van der Waals surface area (Å²) in [6, 6.07) is 12.6. The maximum atomic E-state index is 13.6. The minimum atomic E-state index is -0.435. The van der Waals surface area contributed by atoms with E-state index in [9.17, 15) is 23.9 Å². The van der Waals surface area contributed by atoms with Crippen LogP contribution < -0.4 is 9.77 Å². The van der Waals surface area contributed by atoms with Crippen LogP contribution in [0.5, 0.6) is 5.75 Å². The van der Waals surface area contributed by atoms with E-state index in [1.807, 2.05) is 12.1 Å². The zero-order valence-electron chi connectivity index (χ0n) is 17.7. The number of nitrogens with zero attached hydrogens (tertiary/aromatic N) is 1. The van der Waals surface area contributed by atoms with Gasteiger partial charge < -0.3 is 10.1 Å². The highest BCUT2D eigenvalue weighted by molar-refractivity contribution is 8.00. The van der Waals surface area contributed by atoms with Crippen molar-refractivity contribution in [1.82, 2.24) is 4.98 Å². The second-order valence-corrected chi connectivity index (χ2v) is 11.7. The molecule has 6 nitrogen and oxygen atoms in total. The number of phenols is 1. The molecule has 0 unspecified atom stereocenters. The molecular formula is C25H19FN2O4S2. The average molecular weight is 495 g/mol. The minimum absolute atomic E-state index is 0.00296. The van der Waals surface area contributed by atoms with Gasteiger partial charge in [0, 0.05) is 21.6 Å². The lowest BCUT2D eigenvalue weighted by molar-refractivity contribution is -0.123. The number of aromatic hydroxyl groups is 1. The highest BCUT2D eigenvalue weighted by Gasteiger charge is 2.69. The van der Waals surface area contributed by atoms with Crippen LogP contribution in [0.1, 0.15) is 22.8 Å². The van der Waals surface area contributed by atoms with E-state index in [-0.39, 0.29) is 51.4 Å². The second-order valence-electron chi connectivity index (χ2n) is 9.51. The number of fused-ring (bicyclic) bond motifs is 9. The zero-order valence-corrected chi connectivity index (χ0v) is 19.3. The SMILES string of the molecule is O=C1[C@@H]2[C@H]3C[C@@H]([C@@H]2C(=O)N1c1ccc(F)cc1)[C@@H]1[C@@H](c2ccccc2O)c2sc(=O)[nH]c2S[C@H]31. The highest BCUT2D eigenvalue weighted by atomic mass is 32.2. The Labute approximate surface area is 201 Å². The van der Waals surface area contributed by atoms with Crippen LogP contribution in [0.2, 0.25) is 0 Å². The summed E-state index contributed by atoms with van der Waals surface area (Å²) in [6.07, 6.45) is 0.773. The molecule has 2 aliphatic heterocycles. The highest BCUT2D eigenvalue weighted by Crippen LogP contribution is 2.69. The molecule has 4 aliphatic rings. The number of rotatable bonds is 2. The van der Waals surface area contributed by atoms with Crippen LogP contribution in [0.15, 0.2) is 58.4 Å². The summed E-state index contributed by atoms with van der Waals surface area (Å²) < 4.78 is 13.5. The molecule has 3 aromatic rings. The standard InChI is InChI=1S/C25H19FN2O4S2/c26-10-5-7-11(8-6-10)28-23(30)18-13-9-14(19(18)24(28)31)20-17(13)16(12-3-1-2-4-15(12)29)21-22(33-20)27-25(32)34-21/h1-8,13-14,16-20,29H,9H2,(H,27,32)/t13-,14-,16-,17-,18+,19-,20-/m1/s1. The number of hydrogen-bond donors (Lipinski definition) is 2. The fraction of sp³-hybridized carbons (Fsp3) is 0.320. The number of aromatic amines is 1. The summed E-state index contributed by atoms with van der Waals surface area (Å²) in [7, 11) is 0. The summed E-state index contributed by atoms with van der Waals surface area (Å²) in [5, 5.41) is 11.6. The molecule has 2 saturated carbocycles. The molecule has 1 aromatic heterocycles. The van der Waals surface area contributed by atoms with Crippen molar-refractivity contribution in [3.8, 4) is 5.75 Å². The molecule has 9 heteroatoms. The summed E-state index contributed by atoms with van der Waals surface area (Å²) >= 11 is 2.77. The number of phenolic OH excluding ortho intramolecular Hbond substituents is 1. The Morgan fingerprint density at radius 1 is 0.971 bits per heavy atom. The molecule has 2 bridgehead atoms. The second kappa shape index (κ2) is 7.05. The molecular weight excluding hydrogens is 475 g/mol. The maximum absolute atomic E-state index is 13.6. The summed E-state index contributed by atoms with van der Waals surface area (Å²) in [4.78, 5) is 44.4. The van der Waals surface area contributed by atoms with Crippen molar-refractivity contribution >= 4 is 40.6 Å². The Hall–Kier alpha value is -2.91. The molecule has 7 atom stereocenters. The molecule has 2 amide bonds. The smallest absolute Gasteiger partial charge is 0.305 e. The fourth-order valence-corrected chi connectivity index (χ4v) is 9.84. The molecule has 172 valence electrons. The number of nitrogens with one attached hydrogen (secondary N) is 1. The van der Waals surface area contributed by atoms with Gasteiger partial charge in [-0.25, -0.2) is 4.39 Å². The lowest BCUT2D eigenvalue weighted by Gasteiger charge is -2.43. The minimum Gasteiger partial charge on any atom is -0.508 e. The van der Waals surface area contributed by atoms with Crippen molar-refractivity contribution in [2.75, 3.05) is 4.90 Å². The third kappa shape index (κ3) is 2.59. The number of thioether (sulfide) groups is 1. The predicted molar refractivity (Wildman–Crippen MR) is 125 cm³/mol. The number of amides is 2. The van der Waals surface area contributed by atoms with Crippen LogP contribution in [0.25, 0.3) is 0 Å². The van der Waals surface area contributed by atoms with E-state index in [1.54, 1.807) is 23.9 Å². The number of aromatic nitrogens is 1. The van der Waals surface area contributed by atoms with Crippen LogP contribution >= 0.6 is 23.1 Å². The van der Waals surface area contributed by atoms with Crippen molar-refractivity contribution in [1.29, 1.82) is 0 Å². The number of carbonyl (C=O) groups excluding carboxylic acids is 2. The number of imide groups is 1. The third-order valence-electron chi connectivity index (χ3n) is 8.08. The van der Waals surface area contributed by atoms with Gasteiger partial charge >= 0.3 is 4.87 Å². The maximum Gasteiger partial charge on any atom is 0.305 e. The fourth-order valence-electron chi connectivity index (χ4n) is 6.96. The molecule has 0 spiro atoms. The number of benzene rings is 2. The van der Waals surface area contributed by atoms with Crippen molar-refractivity contribution in [3.05, 3.63) is 74.5 Å². The van der Waals surface area contributed by atoms with Crippen molar-refractivity contribution < 1.29 is 19.1 Å². The topological polar surface area (TPSA) is 90.5 Å². The quantitative estimate of drug-likeness (QED) is 0.527. The van der Waals surface area contributed by atoms with Crippen molar-refractivity contribution in [3.63, 3.8) is 0 Å². The van der Waals surface area contributed by atoms with E-state index in [0.29, 0.717) is 5.69 Å². The summed E-state index contributed by atoms with van der Waals surface area (Å²) in [5.41, 5.74) is 1.16. The van der Waals surface area contributed by atoms with Crippen LogP contribution in [-0.4, -0.2) is 27.2 Å². The van der Waals surface area contributed by atoms with Gasteiger partial charge in [-0.2, -0.15) is 0 Å². The van der Waals surface area contributed by atoms with Gasteiger partial charge in [-0.1, -0.05) is 29.5 Å². The molecule has 0 radical (unpaired) electrons. The molecule has 3 heterocycles. The Bertz CT molecular complexity index is 1420. The first-order valence-electron chi connectivity index (χ1n) is 11.2. The van der Waals surface area contributed by atoms with Gasteiger partial charge in [0.1, 0.15) is 11.6 Å². The average Bonchev–Trinajstić information content (AvgIpc) is 3.54. The molecule has 2 aromatic carbocycles. The van der Waals surface area contributed by atoms with E-state index >= 15 is 0 Å². The van der Waals surface area contributed by atoms with Crippen molar-refractivity contribution in [2.24, 2.45) is 29.6 Å². The lowest BCUT2D eigenvalue weighted by Crippen LogP contribution is -2.42. The van der Waals surface area contributed by atoms with E-state index in [4.69, 9.17) is 0 Å². The number of halogens is 1. The van der Waals surface area contributed by atoms with Gasteiger partial charge in [0.2, 0.25) is 11.8 Å². The van der Waals surface area contributed by atoms with E-state index in [2.05, 4.69) is 4.98 Å². The molecule has 34 heavy (non-hydrogen) atoms. The first kappa shape index (κ1) is 20.5. The number of anilines is 1. The first-order chi connectivity index (χ1) is 16.4. The van der Waals surface area contributed by atoms with Gasteiger partial charge in [0.25, 0.3) is 0 Å². The number of para-hydroxylation sites is 1. The number of thiazole rings is 1. The van der Waals surface area contributed by atoms with E-state index < -0.39 is 17.7 Å². The van der Waals surface area contributed by atoms with Crippen LogP contribution in [0, 0.1) is 35.4 Å². The molecule has 7 rings (SSSR count). The molecule has 3 fully saturated rings. The van der Waals surface area contributed by atoms with Gasteiger partial charge in [-0.15, -0.1) is 11.8 Å². The first-order valence-corrected chi connectivity index (χ1v) is 12.9. The monoisotopic (exact) mass is 494 g/mol. The number of hydrogen-bond acceptors (Lipinski definition) is 6. The third-order valence-corrected chi connectivity index (χ3v) is 10.7. The number of carbonyl (C=O) groups is 2. The Morgan fingerprint density at radius 2 is 1.68 bits per heavy atom. The number of H-pyrrole nitrogens is 1.